The van der Waals surface area contributed by atoms with Crippen LogP contribution in [-0.2, 0) is 22.7 Å². The Morgan fingerprint density at radius 2 is 1.11 bits per heavy atom. The number of aliphatic carboxylic acids is 1. The van der Waals surface area contributed by atoms with Crippen LogP contribution in [0.5, 0.6) is 11.5 Å². The lowest BCUT2D eigenvalue weighted by atomic mass is 10.0. The van der Waals surface area contributed by atoms with Crippen LogP contribution in [0.2, 0.25) is 0 Å². The van der Waals surface area contributed by atoms with Gasteiger partial charge in [0.05, 0.1) is 0 Å². The predicted molar refractivity (Wildman–Crippen MR) is 213 cm³/mol. The fourth-order valence-electron chi connectivity index (χ4n) is 5.68. The highest BCUT2D eigenvalue weighted by molar-refractivity contribution is 5.73. The fraction of sp³-hybridized carbons (Fsp3) is 0.333. The van der Waals surface area contributed by atoms with Gasteiger partial charge in [-0.2, -0.15) is 13.2 Å². The molecule has 0 radical (unpaired) electrons. The molecule has 2 heterocycles. The summed E-state index contributed by atoms with van der Waals surface area (Å²) in [5, 5.41) is 10.5. The lowest BCUT2D eigenvalue weighted by molar-refractivity contribution is -0.192. The molecule has 0 aliphatic carbocycles. The molecule has 0 spiro atoms. The van der Waals surface area contributed by atoms with E-state index in [1.54, 1.807) is 4.90 Å². The van der Waals surface area contributed by atoms with Crippen LogP contribution in [0.25, 0.3) is 12.2 Å². The van der Waals surface area contributed by atoms with Gasteiger partial charge in [0.25, 0.3) is 0 Å². The van der Waals surface area contributed by atoms with Crippen molar-refractivity contribution in [1.82, 2.24) is 10.2 Å². The number of carboxylic acid groups (broad SMARTS) is 1. The van der Waals surface area contributed by atoms with Crippen molar-refractivity contribution in [1.29, 1.82) is 0 Å². The highest BCUT2D eigenvalue weighted by atomic mass is 19.4. The van der Waals surface area contributed by atoms with Crippen LogP contribution < -0.4 is 14.8 Å². The normalized spacial score (nSPS) is 14.2. The van der Waals surface area contributed by atoms with Crippen LogP contribution in [0.15, 0.2) is 120 Å². The molecule has 8 nitrogen and oxygen atoms in total. The SMILES string of the molecule is C(=C1CCNCC1)c1cccc(OCc2ccccc2)c1.CC(C)(C)OC(=O)N1CCC(=Cc2cccc(OCc3ccccc3)c2)CC1.O=C(O)C(F)(F)F. The number of halogens is 3. The Morgan fingerprint density at radius 1 is 0.679 bits per heavy atom. The van der Waals surface area contributed by atoms with E-state index in [2.05, 4.69) is 72.1 Å². The van der Waals surface area contributed by atoms with Gasteiger partial charge in [-0.05, 0) is 106 Å². The Morgan fingerprint density at radius 3 is 1.52 bits per heavy atom. The van der Waals surface area contributed by atoms with Crippen LogP contribution in [0.3, 0.4) is 0 Å². The third-order valence-corrected chi connectivity index (χ3v) is 8.50. The van der Waals surface area contributed by atoms with Crippen molar-refractivity contribution >= 4 is 24.2 Å². The van der Waals surface area contributed by atoms with Gasteiger partial charge in [0.1, 0.15) is 30.3 Å². The lowest BCUT2D eigenvalue weighted by Gasteiger charge is -2.31. The smallest absolute Gasteiger partial charge is 0.489 e. The lowest BCUT2D eigenvalue weighted by Crippen LogP contribution is -2.40. The number of benzene rings is 4. The van der Waals surface area contributed by atoms with E-state index < -0.39 is 17.7 Å². The van der Waals surface area contributed by atoms with Crippen molar-refractivity contribution in [2.45, 2.75) is 71.4 Å². The maximum Gasteiger partial charge on any atom is 0.490 e. The zero-order valence-electron chi connectivity index (χ0n) is 32.2. The number of nitrogens with one attached hydrogen (secondary N) is 1. The highest BCUT2D eigenvalue weighted by Crippen LogP contribution is 2.24. The molecule has 2 aliphatic heterocycles. The van der Waals surface area contributed by atoms with Gasteiger partial charge in [0.2, 0.25) is 0 Å². The molecule has 2 N–H and O–H groups in total. The van der Waals surface area contributed by atoms with Crippen molar-refractivity contribution in [3.8, 4) is 11.5 Å². The Labute approximate surface area is 327 Å². The first-order chi connectivity index (χ1) is 26.7. The molecule has 0 unspecified atom stereocenters. The van der Waals surface area contributed by atoms with Gasteiger partial charge in [-0.15, -0.1) is 0 Å². The Kier molecular flexibility index (Phi) is 16.6. The number of carbonyl (C=O) groups excluding carboxylic acids is 1. The average molecular weight is 773 g/mol. The predicted octanol–water partition coefficient (Wildman–Crippen LogP) is 10.3. The minimum atomic E-state index is -5.08. The van der Waals surface area contributed by atoms with Crippen LogP contribution in [0.4, 0.5) is 18.0 Å². The van der Waals surface area contributed by atoms with E-state index in [0.29, 0.717) is 26.3 Å². The monoisotopic (exact) mass is 772 g/mol. The van der Waals surface area contributed by atoms with Crippen molar-refractivity contribution in [2.24, 2.45) is 0 Å². The number of alkyl halides is 3. The molecule has 56 heavy (non-hydrogen) atoms. The number of nitrogens with zero attached hydrogens (tertiary/aromatic N) is 1. The van der Waals surface area contributed by atoms with Crippen LogP contribution in [-0.4, -0.2) is 60.0 Å². The molecular formula is C45H51F3N2O6. The molecule has 6 rings (SSSR count). The van der Waals surface area contributed by atoms with E-state index in [1.165, 1.54) is 22.3 Å². The molecule has 4 aromatic rings. The summed E-state index contributed by atoms with van der Waals surface area (Å²) in [7, 11) is 0. The molecular weight excluding hydrogens is 721 g/mol. The zero-order valence-corrected chi connectivity index (χ0v) is 32.2. The number of likely N-dealkylation sites (tertiary alicyclic amines) is 1. The minimum absolute atomic E-state index is 0.220. The van der Waals surface area contributed by atoms with Crippen molar-refractivity contribution in [2.75, 3.05) is 26.2 Å². The van der Waals surface area contributed by atoms with Gasteiger partial charge in [-0.3, -0.25) is 0 Å². The molecule has 0 atom stereocenters. The molecule has 2 aliphatic rings. The largest absolute Gasteiger partial charge is 0.490 e. The molecule has 0 aromatic heterocycles. The van der Waals surface area contributed by atoms with E-state index in [9.17, 15) is 18.0 Å². The summed E-state index contributed by atoms with van der Waals surface area (Å²) < 4.78 is 49.0. The Hall–Kier alpha value is -5.55. The molecule has 0 bridgehead atoms. The number of hydrogen-bond donors (Lipinski definition) is 2. The molecule has 2 saturated heterocycles. The van der Waals surface area contributed by atoms with Crippen LogP contribution >= 0.6 is 0 Å². The standard InChI is InChI=1S/C24H29NO3.C19H21NO.C2HF3O2/c1-24(2,3)28-23(26)25-14-12-19(13-15-25)16-21-10-7-11-22(17-21)27-18-20-8-5-4-6-9-20;1-2-5-17(6-3-1)15-21-19-8-4-7-18(14-19)13-16-9-11-20-12-10-16;3-2(4,5)1(6)7/h4-11,16-17H,12-15,18H2,1-3H3;1-8,13-14,20H,9-12,15H2;(H,6,7). The number of hydrogen-bond acceptors (Lipinski definition) is 6. The number of ether oxygens (including phenoxy) is 3. The Balaban J connectivity index is 0.000000218. The van der Waals surface area contributed by atoms with Gasteiger partial charge in [0, 0.05) is 13.1 Å². The van der Waals surface area contributed by atoms with Gasteiger partial charge < -0.3 is 29.5 Å². The minimum Gasteiger partial charge on any atom is -0.489 e. The average Bonchev–Trinajstić information content (AvgIpc) is 3.18. The van der Waals surface area contributed by atoms with E-state index in [0.717, 1.165) is 61.4 Å². The first-order valence-corrected chi connectivity index (χ1v) is 18.6. The molecule has 298 valence electrons. The first kappa shape index (κ1) is 43.2. The summed E-state index contributed by atoms with van der Waals surface area (Å²) in [6.45, 7) is 10.4. The quantitative estimate of drug-likeness (QED) is 0.184. The van der Waals surface area contributed by atoms with Crippen LogP contribution in [0.1, 0.15) is 68.7 Å². The number of amides is 1. The molecule has 0 saturated carbocycles. The summed E-state index contributed by atoms with van der Waals surface area (Å²) >= 11 is 0. The molecule has 11 heteroatoms. The maximum atomic E-state index is 12.2. The summed E-state index contributed by atoms with van der Waals surface area (Å²) in [5.74, 6) is -0.959. The molecule has 2 fully saturated rings. The second kappa shape index (κ2) is 21.5. The topological polar surface area (TPSA) is 97.3 Å². The zero-order chi connectivity index (χ0) is 40.4. The summed E-state index contributed by atoms with van der Waals surface area (Å²) in [4.78, 5) is 22.9. The van der Waals surface area contributed by atoms with Gasteiger partial charge >= 0.3 is 18.2 Å². The van der Waals surface area contributed by atoms with E-state index in [-0.39, 0.29) is 6.09 Å². The second-order valence-electron chi connectivity index (χ2n) is 14.3. The van der Waals surface area contributed by atoms with Crippen LogP contribution in [0, 0.1) is 0 Å². The maximum absolute atomic E-state index is 12.2. The third-order valence-electron chi connectivity index (χ3n) is 8.50. The van der Waals surface area contributed by atoms with Gasteiger partial charge in [-0.25, -0.2) is 9.59 Å². The Bertz CT molecular complexity index is 1870. The summed E-state index contributed by atoms with van der Waals surface area (Å²) in [5.41, 5.74) is 7.13. The third kappa shape index (κ3) is 16.4. The second-order valence-corrected chi connectivity index (χ2v) is 14.3. The van der Waals surface area contributed by atoms with E-state index in [4.69, 9.17) is 24.1 Å². The fourth-order valence-corrected chi connectivity index (χ4v) is 5.68. The highest BCUT2D eigenvalue weighted by Gasteiger charge is 2.38. The first-order valence-electron chi connectivity index (χ1n) is 18.6. The van der Waals surface area contributed by atoms with Gasteiger partial charge in [0.15, 0.2) is 0 Å². The van der Waals surface area contributed by atoms with E-state index in [1.807, 2.05) is 75.4 Å². The number of piperidine rings is 2. The van der Waals surface area contributed by atoms with Crippen molar-refractivity contribution in [3.05, 3.63) is 143 Å². The number of rotatable bonds is 8. The summed E-state index contributed by atoms with van der Waals surface area (Å²) in [6, 6.07) is 36.9. The number of carboxylic acids is 1. The van der Waals surface area contributed by atoms with E-state index >= 15 is 0 Å². The molecule has 1 amide bonds. The number of carbonyl (C=O) groups is 2. The van der Waals surface area contributed by atoms with Gasteiger partial charge in [-0.1, -0.05) is 108 Å². The van der Waals surface area contributed by atoms with Crippen molar-refractivity contribution < 1.29 is 42.1 Å². The van der Waals surface area contributed by atoms with Crippen molar-refractivity contribution in [3.63, 3.8) is 0 Å². The molecule has 4 aromatic carbocycles. The summed E-state index contributed by atoms with van der Waals surface area (Å²) in [6.07, 6.45) is 3.24.